The number of nitrogens with one attached hydrogen (secondary N) is 1. The Morgan fingerprint density at radius 3 is 2.94 bits per heavy atom. The minimum atomic E-state index is 0.578. The van der Waals surface area contributed by atoms with E-state index < -0.39 is 0 Å². The van der Waals surface area contributed by atoms with Crippen LogP contribution in [-0.4, -0.2) is 40.3 Å². The van der Waals surface area contributed by atoms with Crippen molar-refractivity contribution in [2.75, 3.05) is 24.5 Å². The lowest BCUT2D eigenvalue weighted by molar-refractivity contribution is 0.413. The van der Waals surface area contributed by atoms with E-state index in [1.807, 2.05) is 4.52 Å². The van der Waals surface area contributed by atoms with Crippen molar-refractivity contribution >= 4 is 11.5 Å². The number of pyridine rings is 1. The Balaban J connectivity index is 2.10. The van der Waals surface area contributed by atoms with Gasteiger partial charge in [-0.25, -0.2) is 4.98 Å². The van der Waals surface area contributed by atoms with Crippen LogP contribution in [0.15, 0.2) is 18.5 Å². The molecule has 0 spiro atoms. The number of likely N-dealkylation sites (N-methyl/N-ethyl adjacent to an activating group) is 1. The highest BCUT2D eigenvalue weighted by atomic mass is 15.4. The van der Waals surface area contributed by atoms with E-state index in [-0.39, 0.29) is 0 Å². The Labute approximate surface area is 100 Å². The zero-order valence-corrected chi connectivity index (χ0v) is 10.2. The topological polar surface area (TPSA) is 45.5 Å². The third-order valence-electron chi connectivity index (χ3n) is 3.34. The van der Waals surface area contributed by atoms with Gasteiger partial charge in [0.2, 0.25) is 0 Å². The highest BCUT2D eigenvalue weighted by Gasteiger charge is 2.25. The molecule has 0 atom stereocenters. The van der Waals surface area contributed by atoms with Crippen LogP contribution in [0.2, 0.25) is 0 Å². The molecule has 0 radical (unpaired) electrons. The van der Waals surface area contributed by atoms with Crippen LogP contribution in [0.4, 0.5) is 5.82 Å². The Bertz CT molecular complexity index is 529. The Kier molecular flexibility index (Phi) is 2.48. The zero-order chi connectivity index (χ0) is 11.8. The summed E-state index contributed by atoms with van der Waals surface area (Å²) in [5.41, 5.74) is 2.15. The monoisotopic (exact) mass is 231 g/mol. The van der Waals surface area contributed by atoms with Gasteiger partial charge in [0.15, 0.2) is 5.65 Å². The van der Waals surface area contributed by atoms with Crippen molar-refractivity contribution in [2.45, 2.75) is 19.9 Å². The molecule has 90 valence electrons. The minimum absolute atomic E-state index is 0.578. The van der Waals surface area contributed by atoms with Crippen molar-refractivity contribution < 1.29 is 0 Å². The van der Waals surface area contributed by atoms with Crippen molar-refractivity contribution in [1.29, 1.82) is 0 Å². The summed E-state index contributed by atoms with van der Waals surface area (Å²) < 4.78 is 1.93. The third-order valence-corrected chi connectivity index (χ3v) is 3.34. The Morgan fingerprint density at radius 1 is 1.47 bits per heavy atom. The first-order chi connectivity index (χ1) is 8.29. The van der Waals surface area contributed by atoms with Gasteiger partial charge in [-0.3, -0.25) is 0 Å². The molecule has 5 heteroatoms. The molecule has 0 saturated carbocycles. The molecular weight excluding hydrogens is 214 g/mol. The predicted molar refractivity (Wildman–Crippen MR) is 67.4 cm³/mol. The van der Waals surface area contributed by atoms with Crippen molar-refractivity contribution in [3.8, 4) is 0 Å². The second kappa shape index (κ2) is 4.00. The first-order valence-corrected chi connectivity index (χ1v) is 6.07. The van der Waals surface area contributed by atoms with Gasteiger partial charge in [-0.15, -0.1) is 0 Å². The maximum Gasteiger partial charge on any atom is 0.157 e. The quantitative estimate of drug-likeness (QED) is 0.850. The van der Waals surface area contributed by atoms with E-state index in [1.54, 1.807) is 6.33 Å². The van der Waals surface area contributed by atoms with E-state index in [2.05, 4.69) is 46.3 Å². The van der Waals surface area contributed by atoms with Crippen LogP contribution < -0.4 is 10.2 Å². The highest BCUT2D eigenvalue weighted by Crippen LogP contribution is 2.21. The van der Waals surface area contributed by atoms with Crippen LogP contribution in [0.5, 0.6) is 0 Å². The second-order valence-electron chi connectivity index (χ2n) is 4.52. The first kappa shape index (κ1) is 10.5. The maximum absolute atomic E-state index is 4.31. The number of hydrogen-bond acceptors (Lipinski definition) is 4. The van der Waals surface area contributed by atoms with Crippen LogP contribution in [0.25, 0.3) is 5.65 Å². The zero-order valence-electron chi connectivity index (χ0n) is 10.2. The summed E-state index contributed by atoms with van der Waals surface area (Å²) in [5, 5.41) is 7.63. The van der Waals surface area contributed by atoms with Crippen LogP contribution in [0.3, 0.4) is 0 Å². The summed E-state index contributed by atoms with van der Waals surface area (Å²) in [5.74, 6) is 1.14. The van der Waals surface area contributed by atoms with E-state index in [0.29, 0.717) is 6.04 Å². The summed E-state index contributed by atoms with van der Waals surface area (Å²) >= 11 is 0. The molecule has 5 nitrogen and oxygen atoms in total. The normalized spacial score (nSPS) is 16.1. The van der Waals surface area contributed by atoms with Crippen molar-refractivity contribution in [2.24, 2.45) is 0 Å². The van der Waals surface area contributed by atoms with Gasteiger partial charge >= 0.3 is 0 Å². The van der Waals surface area contributed by atoms with Crippen molar-refractivity contribution in [1.82, 2.24) is 19.9 Å². The van der Waals surface area contributed by atoms with Crippen molar-refractivity contribution in [3.05, 3.63) is 24.0 Å². The number of anilines is 1. The van der Waals surface area contributed by atoms with Gasteiger partial charge in [0.25, 0.3) is 0 Å². The number of aryl methyl sites for hydroxylation is 1. The fourth-order valence-corrected chi connectivity index (χ4v) is 2.34. The average molecular weight is 231 g/mol. The van der Waals surface area contributed by atoms with Gasteiger partial charge in [0, 0.05) is 19.6 Å². The molecule has 1 N–H and O–H groups in total. The minimum Gasteiger partial charge on any atom is -0.351 e. The highest BCUT2D eigenvalue weighted by molar-refractivity contribution is 5.53. The van der Waals surface area contributed by atoms with E-state index >= 15 is 0 Å². The van der Waals surface area contributed by atoms with E-state index in [9.17, 15) is 0 Å². The molecule has 0 bridgehead atoms. The standard InChI is InChI=1S/C12H17N5/c1-3-16(10-6-13-7-10)12-5-9(2)4-11-14-8-15-17(11)12/h4-5,8,10,13H,3,6-7H2,1-2H3. The molecule has 1 aliphatic rings. The van der Waals surface area contributed by atoms with Crippen molar-refractivity contribution in [3.63, 3.8) is 0 Å². The fourth-order valence-electron chi connectivity index (χ4n) is 2.34. The smallest absolute Gasteiger partial charge is 0.157 e. The summed E-state index contributed by atoms with van der Waals surface area (Å²) in [4.78, 5) is 6.66. The molecule has 3 heterocycles. The lowest BCUT2D eigenvalue weighted by atomic mass is 10.1. The molecule has 0 amide bonds. The molecule has 0 unspecified atom stereocenters. The van der Waals surface area contributed by atoms with Gasteiger partial charge in [-0.1, -0.05) is 0 Å². The fraction of sp³-hybridized carbons (Fsp3) is 0.500. The predicted octanol–water partition coefficient (Wildman–Crippen LogP) is 0.836. The second-order valence-corrected chi connectivity index (χ2v) is 4.52. The maximum atomic E-state index is 4.31. The van der Waals surface area contributed by atoms with Gasteiger partial charge in [-0.2, -0.15) is 9.61 Å². The lowest BCUT2D eigenvalue weighted by Crippen LogP contribution is -2.57. The summed E-state index contributed by atoms with van der Waals surface area (Å²) in [6, 6.07) is 4.82. The molecule has 0 aromatic carbocycles. The van der Waals surface area contributed by atoms with E-state index in [0.717, 1.165) is 31.1 Å². The molecule has 1 aliphatic heterocycles. The molecule has 1 fully saturated rings. The molecule has 2 aromatic rings. The lowest BCUT2D eigenvalue weighted by Gasteiger charge is -2.39. The Morgan fingerprint density at radius 2 is 2.29 bits per heavy atom. The molecule has 2 aromatic heterocycles. The van der Waals surface area contributed by atoms with Crippen LogP contribution in [-0.2, 0) is 0 Å². The third kappa shape index (κ3) is 1.67. The number of nitrogens with zero attached hydrogens (tertiary/aromatic N) is 4. The Hall–Kier alpha value is -1.62. The average Bonchev–Trinajstić information content (AvgIpc) is 2.69. The van der Waals surface area contributed by atoms with E-state index in [1.165, 1.54) is 5.56 Å². The molecular formula is C12H17N5. The van der Waals surface area contributed by atoms with Gasteiger partial charge in [0.1, 0.15) is 12.1 Å². The first-order valence-electron chi connectivity index (χ1n) is 6.07. The van der Waals surface area contributed by atoms with Gasteiger partial charge in [-0.05, 0) is 31.5 Å². The molecule has 17 heavy (non-hydrogen) atoms. The summed E-state index contributed by atoms with van der Waals surface area (Å²) in [6.45, 7) is 7.38. The van der Waals surface area contributed by atoms with Crippen LogP contribution >= 0.6 is 0 Å². The number of hydrogen-bond donors (Lipinski definition) is 1. The number of fused-ring (bicyclic) bond motifs is 1. The summed E-state index contributed by atoms with van der Waals surface area (Å²) in [6.07, 6.45) is 1.62. The molecule has 1 saturated heterocycles. The number of aromatic nitrogens is 3. The molecule has 3 rings (SSSR count). The van der Waals surface area contributed by atoms with E-state index in [4.69, 9.17) is 0 Å². The molecule has 0 aliphatic carbocycles. The summed E-state index contributed by atoms with van der Waals surface area (Å²) in [7, 11) is 0. The van der Waals surface area contributed by atoms with Gasteiger partial charge in [0.05, 0.1) is 6.04 Å². The SMILES string of the molecule is CCN(c1cc(C)cc2ncnn12)C1CNC1. The van der Waals surface area contributed by atoms with Gasteiger partial charge < -0.3 is 10.2 Å². The van der Waals surface area contributed by atoms with Crippen LogP contribution in [0, 0.1) is 6.92 Å². The van der Waals surface area contributed by atoms with Crippen LogP contribution in [0.1, 0.15) is 12.5 Å². The largest absolute Gasteiger partial charge is 0.351 e. The number of rotatable bonds is 3.